The van der Waals surface area contributed by atoms with Crippen LogP contribution in [0, 0.1) is 13.8 Å². The van der Waals surface area contributed by atoms with Crippen molar-refractivity contribution in [1.82, 2.24) is 4.98 Å². The highest BCUT2D eigenvalue weighted by atomic mass is 14.6. The van der Waals surface area contributed by atoms with Crippen LogP contribution in [0.1, 0.15) is 28.3 Å². The van der Waals surface area contributed by atoms with E-state index in [0.717, 1.165) is 11.8 Å². The number of rotatable bonds is 3. The fourth-order valence-electron chi connectivity index (χ4n) is 3.01. The minimum absolute atomic E-state index is 0.0147. The summed E-state index contributed by atoms with van der Waals surface area (Å²) in [4.78, 5) is 4.24. The van der Waals surface area contributed by atoms with E-state index in [2.05, 4.69) is 55.2 Å². The SMILES string of the molecule is Cc1cc(C)cc(CC(N)c2cccc3ccncc23)c1. The van der Waals surface area contributed by atoms with E-state index in [-0.39, 0.29) is 6.04 Å². The summed E-state index contributed by atoms with van der Waals surface area (Å²) in [6.07, 6.45) is 4.57. The summed E-state index contributed by atoms with van der Waals surface area (Å²) in [6, 6.07) is 14.9. The van der Waals surface area contributed by atoms with E-state index < -0.39 is 0 Å². The first-order valence-corrected chi connectivity index (χ1v) is 7.29. The predicted molar refractivity (Wildman–Crippen MR) is 88.3 cm³/mol. The first-order chi connectivity index (χ1) is 10.1. The third kappa shape index (κ3) is 2.96. The Morgan fingerprint density at radius 3 is 2.57 bits per heavy atom. The number of nitrogens with zero attached hydrogens (tertiary/aromatic N) is 1. The summed E-state index contributed by atoms with van der Waals surface area (Å²) in [5.74, 6) is 0. The van der Waals surface area contributed by atoms with Crippen molar-refractivity contribution in [1.29, 1.82) is 0 Å². The van der Waals surface area contributed by atoms with Gasteiger partial charge < -0.3 is 5.73 Å². The van der Waals surface area contributed by atoms with Crippen molar-refractivity contribution in [3.8, 4) is 0 Å². The first kappa shape index (κ1) is 13.8. The molecular formula is C19H20N2. The summed E-state index contributed by atoms with van der Waals surface area (Å²) < 4.78 is 0. The Labute approximate surface area is 125 Å². The van der Waals surface area contributed by atoms with E-state index in [1.54, 1.807) is 0 Å². The van der Waals surface area contributed by atoms with E-state index in [1.807, 2.05) is 18.5 Å². The summed E-state index contributed by atoms with van der Waals surface area (Å²) in [5.41, 5.74) is 11.5. The lowest BCUT2D eigenvalue weighted by atomic mass is 9.94. The van der Waals surface area contributed by atoms with Crippen LogP contribution in [-0.4, -0.2) is 4.98 Å². The van der Waals surface area contributed by atoms with Gasteiger partial charge in [-0.15, -0.1) is 0 Å². The maximum absolute atomic E-state index is 6.47. The van der Waals surface area contributed by atoms with Crippen molar-refractivity contribution < 1.29 is 0 Å². The molecule has 0 aliphatic carbocycles. The van der Waals surface area contributed by atoms with E-state index in [1.165, 1.54) is 27.6 Å². The van der Waals surface area contributed by atoms with Gasteiger partial charge in [0.05, 0.1) is 0 Å². The monoisotopic (exact) mass is 276 g/mol. The molecule has 2 aromatic carbocycles. The maximum atomic E-state index is 6.47. The number of pyridine rings is 1. The molecule has 1 unspecified atom stereocenters. The van der Waals surface area contributed by atoms with Crippen LogP contribution in [0.4, 0.5) is 0 Å². The minimum Gasteiger partial charge on any atom is -0.324 e. The molecule has 3 rings (SSSR count). The van der Waals surface area contributed by atoms with E-state index in [0.29, 0.717) is 0 Å². The fourth-order valence-corrected chi connectivity index (χ4v) is 3.01. The molecule has 0 saturated heterocycles. The molecule has 0 aliphatic rings. The summed E-state index contributed by atoms with van der Waals surface area (Å²) in [6.45, 7) is 4.26. The number of nitrogens with two attached hydrogens (primary N) is 1. The highest BCUT2D eigenvalue weighted by Crippen LogP contribution is 2.25. The zero-order valence-corrected chi connectivity index (χ0v) is 12.5. The first-order valence-electron chi connectivity index (χ1n) is 7.29. The van der Waals surface area contributed by atoms with Gasteiger partial charge in [-0.25, -0.2) is 0 Å². The second-order valence-electron chi connectivity index (χ2n) is 5.75. The van der Waals surface area contributed by atoms with Crippen LogP contribution in [0.5, 0.6) is 0 Å². The van der Waals surface area contributed by atoms with Crippen LogP contribution in [-0.2, 0) is 6.42 Å². The van der Waals surface area contributed by atoms with Crippen LogP contribution < -0.4 is 5.73 Å². The molecule has 0 radical (unpaired) electrons. The standard InChI is InChI=1S/C19H20N2/c1-13-8-14(2)10-15(9-13)11-19(20)17-5-3-4-16-6-7-21-12-18(16)17/h3-10,12,19H,11,20H2,1-2H3. The number of aromatic nitrogens is 1. The number of aryl methyl sites for hydroxylation is 2. The van der Waals surface area contributed by atoms with Gasteiger partial charge in [0.2, 0.25) is 0 Å². The van der Waals surface area contributed by atoms with Gasteiger partial charge in [-0.1, -0.05) is 47.5 Å². The lowest BCUT2D eigenvalue weighted by molar-refractivity contribution is 0.727. The largest absolute Gasteiger partial charge is 0.324 e. The van der Waals surface area contributed by atoms with Crippen molar-refractivity contribution >= 4 is 10.8 Å². The molecule has 1 atom stereocenters. The molecule has 2 heteroatoms. The molecule has 0 fully saturated rings. The molecule has 106 valence electrons. The molecule has 0 aliphatic heterocycles. The lowest BCUT2D eigenvalue weighted by Gasteiger charge is -2.15. The van der Waals surface area contributed by atoms with Gasteiger partial charge in [0, 0.05) is 23.8 Å². The van der Waals surface area contributed by atoms with Gasteiger partial charge in [-0.3, -0.25) is 4.98 Å². The van der Waals surface area contributed by atoms with Gasteiger partial charge in [-0.2, -0.15) is 0 Å². The molecular weight excluding hydrogens is 256 g/mol. The molecule has 21 heavy (non-hydrogen) atoms. The molecule has 3 aromatic rings. The van der Waals surface area contributed by atoms with Crippen LogP contribution in [0.15, 0.2) is 54.9 Å². The number of benzene rings is 2. The Morgan fingerprint density at radius 1 is 1.05 bits per heavy atom. The third-order valence-electron chi connectivity index (χ3n) is 3.85. The Morgan fingerprint density at radius 2 is 1.81 bits per heavy atom. The number of hydrogen-bond donors (Lipinski definition) is 1. The zero-order valence-electron chi connectivity index (χ0n) is 12.5. The Balaban J connectivity index is 1.95. The number of fused-ring (bicyclic) bond motifs is 1. The second-order valence-corrected chi connectivity index (χ2v) is 5.75. The smallest absolute Gasteiger partial charge is 0.0349 e. The Hall–Kier alpha value is -2.19. The minimum atomic E-state index is -0.0147. The maximum Gasteiger partial charge on any atom is 0.0349 e. The Bertz CT molecular complexity index is 752. The molecule has 0 saturated carbocycles. The van der Waals surface area contributed by atoms with E-state index in [4.69, 9.17) is 5.73 Å². The molecule has 0 bridgehead atoms. The molecule has 1 heterocycles. The normalized spacial score (nSPS) is 12.5. The van der Waals surface area contributed by atoms with Crippen molar-refractivity contribution in [3.63, 3.8) is 0 Å². The van der Waals surface area contributed by atoms with Gasteiger partial charge >= 0.3 is 0 Å². The van der Waals surface area contributed by atoms with Crippen LogP contribution in [0.25, 0.3) is 10.8 Å². The highest BCUT2D eigenvalue weighted by molar-refractivity contribution is 5.85. The van der Waals surface area contributed by atoms with Crippen LogP contribution >= 0.6 is 0 Å². The topological polar surface area (TPSA) is 38.9 Å². The quantitative estimate of drug-likeness (QED) is 0.782. The number of hydrogen-bond acceptors (Lipinski definition) is 2. The van der Waals surface area contributed by atoms with Gasteiger partial charge in [-0.05, 0) is 42.8 Å². The third-order valence-corrected chi connectivity index (χ3v) is 3.85. The highest BCUT2D eigenvalue weighted by Gasteiger charge is 2.11. The predicted octanol–water partition coefficient (Wildman–Crippen LogP) is 4.09. The van der Waals surface area contributed by atoms with Gasteiger partial charge in [0.15, 0.2) is 0 Å². The van der Waals surface area contributed by atoms with Crippen molar-refractivity contribution in [2.75, 3.05) is 0 Å². The second kappa shape index (κ2) is 5.66. The summed E-state index contributed by atoms with van der Waals surface area (Å²) in [5, 5.41) is 2.34. The fraction of sp³-hybridized carbons (Fsp3) is 0.211. The van der Waals surface area contributed by atoms with Gasteiger partial charge in [0.25, 0.3) is 0 Å². The molecule has 2 nitrogen and oxygen atoms in total. The van der Waals surface area contributed by atoms with Crippen molar-refractivity contribution in [2.45, 2.75) is 26.3 Å². The summed E-state index contributed by atoms with van der Waals surface area (Å²) >= 11 is 0. The summed E-state index contributed by atoms with van der Waals surface area (Å²) in [7, 11) is 0. The Kier molecular flexibility index (Phi) is 3.72. The molecule has 0 amide bonds. The van der Waals surface area contributed by atoms with Gasteiger partial charge in [0.1, 0.15) is 0 Å². The van der Waals surface area contributed by atoms with E-state index >= 15 is 0 Å². The van der Waals surface area contributed by atoms with Crippen LogP contribution in [0.3, 0.4) is 0 Å². The van der Waals surface area contributed by atoms with Crippen molar-refractivity contribution in [3.05, 3.63) is 77.1 Å². The molecule has 0 spiro atoms. The lowest BCUT2D eigenvalue weighted by Crippen LogP contribution is -2.14. The average Bonchev–Trinajstić information content (AvgIpc) is 2.45. The van der Waals surface area contributed by atoms with E-state index in [9.17, 15) is 0 Å². The molecule has 1 aromatic heterocycles. The van der Waals surface area contributed by atoms with Crippen LogP contribution in [0.2, 0.25) is 0 Å². The van der Waals surface area contributed by atoms with Crippen molar-refractivity contribution in [2.24, 2.45) is 5.73 Å². The zero-order chi connectivity index (χ0) is 14.8. The molecule has 2 N–H and O–H groups in total. The average molecular weight is 276 g/mol.